The first-order valence-corrected chi connectivity index (χ1v) is 9.06. The lowest BCUT2D eigenvalue weighted by Gasteiger charge is -2.41. The van der Waals surface area contributed by atoms with Crippen LogP contribution in [0.3, 0.4) is 0 Å². The molecular weight excluding hydrogens is 334 g/mol. The van der Waals surface area contributed by atoms with Crippen LogP contribution in [0.5, 0.6) is 11.5 Å². The van der Waals surface area contributed by atoms with Crippen LogP contribution < -0.4 is 9.47 Å². The molecule has 1 aromatic rings. The van der Waals surface area contributed by atoms with Gasteiger partial charge in [-0.15, -0.1) is 0 Å². The standard InChI is InChI=1S/C20H19NO5/c22-15-5-1-3-13-19(15)18(12-8-7-11-9-17(12)26-10-25-11)20-14(21(13)24)4-2-6-16(20)23/h7-9,18,24H,1-6,10H2. The lowest BCUT2D eigenvalue weighted by atomic mass is 9.71. The Balaban J connectivity index is 1.76. The lowest BCUT2D eigenvalue weighted by molar-refractivity contribution is -0.119. The molecule has 0 aromatic heterocycles. The van der Waals surface area contributed by atoms with Gasteiger partial charge in [0.05, 0.1) is 11.4 Å². The summed E-state index contributed by atoms with van der Waals surface area (Å²) < 4.78 is 11.0. The van der Waals surface area contributed by atoms with Gasteiger partial charge in [0.25, 0.3) is 0 Å². The van der Waals surface area contributed by atoms with Crippen LogP contribution >= 0.6 is 0 Å². The molecule has 2 bridgehead atoms. The summed E-state index contributed by atoms with van der Waals surface area (Å²) >= 11 is 0. The number of fused-ring (bicyclic) bond motifs is 2. The molecule has 6 heteroatoms. The minimum absolute atomic E-state index is 0.00330. The van der Waals surface area contributed by atoms with Crippen LogP contribution in [0.15, 0.2) is 40.7 Å². The molecule has 2 aliphatic heterocycles. The maximum atomic E-state index is 12.8. The highest BCUT2D eigenvalue weighted by Gasteiger charge is 2.44. The van der Waals surface area contributed by atoms with Gasteiger partial charge in [-0.1, -0.05) is 6.07 Å². The van der Waals surface area contributed by atoms with Gasteiger partial charge in [0.2, 0.25) is 6.79 Å². The maximum absolute atomic E-state index is 12.8. The van der Waals surface area contributed by atoms with Gasteiger partial charge in [-0.05, 0) is 31.7 Å². The number of nitrogens with zero attached hydrogens (tertiary/aromatic N) is 1. The zero-order valence-electron chi connectivity index (χ0n) is 14.3. The first-order chi connectivity index (χ1) is 12.6. The van der Waals surface area contributed by atoms with Crippen LogP contribution in [0, 0.1) is 0 Å². The summed E-state index contributed by atoms with van der Waals surface area (Å²) in [5.74, 6) is 0.891. The minimum atomic E-state index is -0.467. The average Bonchev–Trinajstić information content (AvgIpc) is 2.65. The molecule has 0 saturated heterocycles. The quantitative estimate of drug-likeness (QED) is 0.835. The molecular formula is C20H19NO5. The van der Waals surface area contributed by atoms with Crippen LogP contribution in [0.1, 0.15) is 50.0 Å². The molecule has 5 rings (SSSR count). The van der Waals surface area contributed by atoms with Crippen LogP contribution in [-0.2, 0) is 9.59 Å². The van der Waals surface area contributed by atoms with Crippen molar-refractivity contribution in [3.63, 3.8) is 0 Å². The number of benzene rings is 1. The van der Waals surface area contributed by atoms with Gasteiger partial charge in [0.1, 0.15) is 11.5 Å². The van der Waals surface area contributed by atoms with Gasteiger partial charge < -0.3 is 9.47 Å². The summed E-state index contributed by atoms with van der Waals surface area (Å²) in [6.07, 6.45) is 3.59. The van der Waals surface area contributed by atoms with Crippen molar-refractivity contribution in [2.24, 2.45) is 0 Å². The first kappa shape index (κ1) is 15.6. The zero-order chi connectivity index (χ0) is 17.8. The van der Waals surface area contributed by atoms with Crippen molar-refractivity contribution in [2.75, 3.05) is 6.79 Å². The Labute approximate surface area is 150 Å². The number of allylic oxidation sites excluding steroid dienone is 4. The third-order valence-corrected chi connectivity index (χ3v) is 5.68. The third-order valence-electron chi connectivity index (χ3n) is 5.68. The van der Waals surface area contributed by atoms with E-state index in [9.17, 15) is 14.8 Å². The summed E-state index contributed by atoms with van der Waals surface area (Å²) in [6.45, 7) is 0.119. The average molecular weight is 353 g/mol. The molecule has 1 N–H and O–H groups in total. The number of Topliss-reactive ketones (excluding diaryl/α,β-unsaturated/α-hetero) is 2. The molecule has 0 atom stereocenters. The fraction of sp³-hybridized carbons (Fsp3) is 0.400. The Morgan fingerprint density at radius 3 is 2.23 bits per heavy atom. The Bertz CT molecular complexity index is 853. The SMILES string of the molecule is O=C1CCCC2=C1C(c1ccc3cc1OCO3)C1=C(CCCC1=O)N2O. The molecule has 0 radical (unpaired) electrons. The summed E-state index contributed by atoms with van der Waals surface area (Å²) in [6, 6.07) is 5.51. The van der Waals surface area contributed by atoms with Gasteiger partial charge in [-0.3, -0.25) is 14.8 Å². The normalized spacial score (nSPS) is 22.7. The predicted octanol–water partition coefficient (Wildman–Crippen LogP) is 3.22. The Morgan fingerprint density at radius 1 is 0.923 bits per heavy atom. The highest BCUT2D eigenvalue weighted by molar-refractivity contribution is 6.06. The summed E-state index contributed by atoms with van der Waals surface area (Å²) in [7, 11) is 0. The third kappa shape index (κ3) is 2.15. The molecule has 1 aromatic carbocycles. The second kappa shape index (κ2) is 5.71. The van der Waals surface area contributed by atoms with E-state index >= 15 is 0 Å². The number of hydrogen-bond donors (Lipinski definition) is 1. The van der Waals surface area contributed by atoms with Gasteiger partial charge in [-0.2, -0.15) is 0 Å². The van der Waals surface area contributed by atoms with Crippen molar-refractivity contribution >= 4 is 11.6 Å². The number of carbonyl (C=O) groups excluding carboxylic acids is 2. The summed E-state index contributed by atoms with van der Waals surface area (Å²) in [5, 5.41) is 11.9. The number of ketones is 2. The molecule has 26 heavy (non-hydrogen) atoms. The predicted molar refractivity (Wildman–Crippen MR) is 90.7 cm³/mol. The molecule has 4 aliphatic rings. The number of hydroxylamine groups is 2. The first-order valence-electron chi connectivity index (χ1n) is 9.06. The molecule has 0 unspecified atom stereocenters. The highest BCUT2D eigenvalue weighted by atomic mass is 16.7. The Kier molecular flexibility index (Phi) is 3.43. The maximum Gasteiger partial charge on any atom is 0.230 e. The van der Waals surface area contributed by atoms with Crippen molar-refractivity contribution in [3.8, 4) is 11.5 Å². The zero-order valence-corrected chi connectivity index (χ0v) is 14.3. The number of ether oxygens (including phenoxy) is 2. The van der Waals surface area contributed by atoms with Crippen molar-refractivity contribution in [2.45, 2.75) is 44.4 Å². The number of hydrogen-bond acceptors (Lipinski definition) is 6. The fourth-order valence-corrected chi connectivity index (χ4v) is 4.54. The van der Waals surface area contributed by atoms with E-state index in [1.54, 1.807) is 6.07 Å². The second-order valence-electron chi connectivity index (χ2n) is 7.13. The summed E-state index contributed by atoms with van der Waals surface area (Å²) in [5.41, 5.74) is 3.18. The molecule has 0 fully saturated rings. The number of rotatable bonds is 1. The van der Waals surface area contributed by atoms with Crippen LogP contribution in [0.4, 0.5) is 0 Å². The van der Waals surface area contributed by atoms with Crippen molar-refractivity contribution < 1.29 is 24.3 Å². The van der Waals surface area contributed by atoms with Crippen molar-refractivity contribution in [1.29, 1.82) is 0 Å². The van der Waals surface area contributed by atoms with E-state index in [0.29, 0.717) is 72.6 Å². The second-order valence-corrected chi connectivity index (χ2v) is 7.13. The highest BCUT2D eigenvalue weighted by Crippen LogP contribution is 2.50. The van der Waals surface area contributed by atoms with E-state index in [2.05, 4.69) is 0 Å². The van der Waals surface area contributed by atoms with Gasteiger partial charge in [-0.25, -0.2) is 5.06 Å². The molecule has 6 nitrogen and oxygen atoms in total. The van der Waals surface area contributed by atoms with Crippen molar-refractivity contribution in [3.05, 3.63) is 46.3 Å². The molecule has 0 amide bonds. The molecule has 2 aliphatic carbocycles. The Morgan fingerprint density at radius 2 is 1.58 bits per heavy atom. The lowest BCUT2D eigenvalue weighted by Crippen LogP contribution is -2.37. The number of carbonyl (C=O) groups is 2. The smallest absolute Gasteiger partial charge is 0.230 e. The summed E-state index contributed by atoms with van der Waals surface area (Å²) in [4.78, 5) is 25.6. The molecule has 2 heterocycles. The van der Waals surface area contributed by atoms with Crippen LogP contribution in [0.25, 0.3) is 0 Å². The Hall–Kier alpha value is -2.60. The van der Waals surface area contributed by atoms with Gasteiger partial charge >= 0.3 is 0 Å². The molecule has 0 saturated carbocycles. The van der Waals surface area contributed by atoms with Crippen LogP contribution in [-0.4, -0.2) is 28.6 Å². The van der Waals surface area contributed by atoms with E-state index in [4.69, 9.17) is 9.47 Å². The largest absolute Gasteiger partial charge is 0.457 e. The minimum Gasteiger partial charge on any atom is -0.457 e. The topological polar surface area (TPSA) is 76.1 Å². The monoisotopic (exact) mass is 353 g/mol. The molecule has 134 valence electrons. The van der Waals surface area contributed by atoms with Gasteiger partial charge in [0, 0.05) is 41.5 Å². The van der Waals surface area contributed by atoms with E-state index in [0.717, 1.165) is 10.6 Å². The van der Waals surface area contributed by atoms with E-state index in [-0.39, 0.29) is 18.4 Å². The molecule has 0 spiro atoms. The van der Waals surface area contributed by atoms with Crippen molar-refractivity contribution in [1.82, 2.24) is 5.06 Å². The van der Waals surface area contributed by atoms with E-state index in [1.807, 2.05) is 12.1 Å². The fourth-order valence-electron chi connectivity index (χ4n) is 4.54. The van der Waals surface area contributed by atoms with E-state index < -0.39 is 5.92 Å². The van der Waals surface area contributed by atoms with E-state index in [1.165, 1.54) is 0 Å². The van der Waals surface area contributed by atoms with Crippen LogP contribution in [0.2, 0.25) is 0 Å². The van der Waals surface area contributed by atoms with Gasteiger partial charge in [0.15, 0.2) is 11.6 Å².